The number of carboxylic acid groups (broad SMARTS) is 2. The molecule has 2 aromatic carbocycles. The van der Waals surface area contributed by atoms with Gasteiger partial charge in [-0.1, -0.05) is 23.7 Å². The third kappa shape index (κ3) is 10.6. The van der Waals surface area contributed by atoms with Crippen LogP contribution < -0.4 is 5.32 Å². The summed E-state index contributed by atoms with van der Waals surface area (Å²) in [5.41, 5.74) is 2.77. The van der Waals surface area contributed by atoms with Gasteiger partial charge in [0.2, 0.25) is 0 Å². The SMILES string of the molecule is O=C(CCc1ccc(C(F)(F)F)cc1F)c1ccc(CSc2c(Cl)ccc3c2CCNCC3)nc1.O=C(O)CCC(=O)O. The van der Waals surface area contributed by atoms with E-state index in [4.69, 9.17) is 21.8 Å². The van der Waals surface area contributed by atoms with Crippen molar-refractivity contribution in [2.75, 3.05) is 13.1 Å². The monoisotopic (exact) mass is 640 g/mol. The molecule has 43 heavy (non-hydrogen) atoms. The lowest BCUT2D eigenvalue weighted by molar-refractivity contribution is -0.143. The van der Waals surface area contributed by atoms with Crippen LogP contribution in [0.4, 0.5) is 17.6 Å². The van der Waals surface area contributed by atoms with Gasteiger partial charge in [0.1, 0.15) is 5.82 Å². The lowest BCUT2D eigenvalue weighted by Crippen LogP contribution is -2.16. The molecule has 0 atom stereocenters. The Morgan fingerprint density at radius 3 is 2.26 bits per heavy atom. The second-order valence-electron chi connectivity index (χ2n) is 9.61. The minimum absolute atomic E-state index is 0.00683. The number of benzene rings is 2. The number of hydrogen-bond donors (Lipinski definition) is 3. The summed E-state index contributed by atoms with van der Waals surface area (Å²) < 4.78 is 52.1. The first-order valence-electron chi connectivity index (χ1n) is 13.3. The molecule has 0 unspecified atom stereocenters. The van der Waals surface area contributed by atoms with E-state index in [-0.39, 0.29) is 37.0 Å². The molecule has 4 rings (SSSR count). The van der Waals surface area contributed by atoms with Crippen LogP contribution in [0.25, 0.3) is 0 Å². The average molecular weight is 641 g/mol. The number of ketones is 1. The van der Waals surface area contributed by atoms with Gasteiger partial charge in [-0.2, -0.15) is 13.2 Å². The maximum atomic E-state index is 14.0. The second-order valence-corrected chi connectivity index (χ2v) is 11.0. The maximum Gasteiger partial charge on any atom is 0.416 e. The lowest BCUT2D eigenvalue weighted by Gasteiger charge is -2.13. The number of aromatic nitrogens is 1. The largest absolute Gasteiger partial charge is 0.481 e. The third-order valence-electron chi connectivity index (χ3n) is 6.50. The Hall–Kier alpha value is -3.48. The summed E-state index contributed by atoms with van der Waals surface area (Å²) in [6.07, 6.45) is -1.86. The van der Waals surface area contributed by atoms with E-state index in [2.05, 4.69) is 16.4 Å². The zero-order valence-corrected chi connectivity index (χ0v) is 24.4. The number of nitrogens with one attached hydrogen (secondary N) is 1. The van der Waals surface area contributed by atoms with E-state index in [9.17, 15) is 31.9 Å². The Kier molecular flexibility index (Phi) is 12.5. The molecule has 1 aliphatic rings. The number of thioether (sulfide) groups is 1. The Labute approximate surface area is 254 Å². The number of nitrogens with zero attached hydrogens (tertiary/aromatic N) is 1. The van der Waals surface area contributed by atoms with Gasteiger partial charge in [0.15, 0.2) is 5.78 Å². The summed E-state index contributed by atoms with van der Waals surface area (Å²) in [7, 11) is 0. The van der Waals surface area contributed by atoms with Crippen LogP contribution in [0.3, 0.4) is 0 Å². The molecule has 1 aliphatic heterocycles. The van der Waals surface area contributed by atoms with Gasteiger partial charge in [0, 0.05) is 28.8 Å². The molecule has 0 radical (unpaired) electrons. The molecule has 0 saturated heterocycles. The Morgan fingerprint density at radius 2 is 1.65 bits per heavy atom. The minimum Gasteiger partial charge on any atom is -0.481 e. The van der Waals surface area contributed by atoms with Crippen molar-refractivity contribution in [1.29, 1.82) is 0 Å². The van der Waals surface area contributed by atoms with E-state index in [1.165, 1.54) is 17.3 Å². The number of aliphatic carboxylic acids is 2. The highest BCUT2D eigenvalue weighted by Gasteiger charge is 2.31. The molecular weight excluding hydrogens is 612 g/mol. The fourth-order valence-electron chi connectivity index (χ4n) is 4.22. The Balaban J connectivity index is 0.000000557. The fraction of sp³-hybridized carbons (Fsp3) is 0.333. The van der Waals surface area contributed by atoms with Gasteiger partial charge in [-0.15, -0.1) is 11.8 Å². The number of Topliss-reactive ketones (excluding diaryl/α,β-unsaturated/α-hetero) is 1. The molecule has 0 saturated carbocycles. The number of rotatable bonds is 10. The molecule has 230 valence electrons. The number of alkyl halides is 3. The molecule has 0 fully saturated rings. The summed E-state index contributed by atoms with van der Waals surface area (Å²) in [5.74, 6) is -2.78. The van der Waals surface area contributed by atoms with E-state index < -0.39 is 29.5 Å². The zero-order valence-electron chi connectivity index (χ0n) is 22.8. The highest BCUT2D eigenvalue weighted by atomic mass is 35.5. The summed E-state index contributed by atoms with van der Waals surface area (Å²) in [6.45, 7) is 1.85. The smallest absolute Gasteiger partial charge is 0.416 e. The number of carboxylic acids is 2. The number of halogens is 5. The molecule has 0 bridgehead atoms. The summed E-state index contributed by atoms with van der Waals surface area (Å²) >= 11 is 8.11. The molecular formula is C30H29ClF4N2O5S. The van der Waals surface area contributed by atoms with Crippen molar-refractivity contribution in [3.63, 3.8) is 0 Å². The van der Waals surface area contributed by atoms with Gasteiger partial charge in [-0.05, 0) is 79.4 Å². The molecule has 3 aromatic rings. The van der Waals surface area contributed by atoms with Crippen LogP contribution in [-0.4, -0.2) is 46.0 Å². The number of hydrogen-bond acceptors (Lipinski definition) is 6. The third-order valence-corrected chi connectivity index (χ3v) is 8.12. The first kappa shape index (κ1) is 34.0. The number of pyridine rings is 1. The van der Waals surface area contributed by atoms with Crippen LogP contribution in [-0.2, 0) is 40.8 Å². The first-order valence-corrected chi connectivity index (χ1v) is 14.6. The highest BCUT2D eigenvalue weighted by Crippen LogP contribution is 2.36. The molecule has 0 amide bonds. The minimum atomic E-state index is -4.61. The topological polar surface area (TPSA) is 117 Å². The van der Waals surface area contributed by atoms with E-state index in [0.717, 1.165) is 53.7 Å². The quantitative estimate of drug-likeness (QED) is 0.129. The molecule has 0 aliphatic carbocycles. The van der Waals surface area contributed by atoms with Crippen molar-refractivity contribution in [3.8, 4) is 0 Å². The van der Waals surface area contributed by atoms with Crippen molar-refractivity contribution in [3.05, 3.63) is 93.0 Å². The van der Waals surface area contributed by atoms with E-state index in [0.29, 0.717) is 17.4 Å². The van der Waals surface area contributed by atoms with Gasteiger partial charge < -0.3 is 15.5 Å². The Morgan fingerprint density at radius 1 is 0.953 bits per heavy atom. The van der Waals surface area contributed by atoms with Gasteiger partial charge in [0.25, 0.3) is 0 Å². The van der Waals surface area contributed by atoms with Crippen molar-refractivity contribution in [1.82, 2.24) is 10.3 Å². The number of carbonyl (C=O) groups is 3. The average Bonchev–Trinajstić information content (AvgIpc) is 3.21. The molecule has 3 N–H and O–H groups in total. The van der Waals surface area contributed by atoms with Crippen molar-refractivity contribution >= 4 is 41.1 Å². The van der Waals surface area contributed by atoms with Crippen LogP contribution >= 0.6 is 23.4 Å². The molecule has 13 heteroatoms. The normalized spacial score (nSPS) is 12.9. The fourth-order valence-corrected chi connectivity index (χ4v) is 5.64. The van der Waals surface area contributed by atoms with Crippen LogP contribution in [0.1, 0.15) is 57.6 Å². The van der Waals surface area contributed by atoms with Crippen LogP contribution in [0.2, 0.25) is 5.02 Å². The summed E-state index contributed by atoms with van der Waals surface area (Å²) in [6, 6.07) is 9.83. The van der Waals surface area contributed by atoms with Crippen molar-refractivity contribution < 1.29 is 42.2 Å². The van der Waals surface area contributed by atoms with Gasteiger partial charge in [-0.25, -0.2) is 4.39 Å². The maximum absolute atomic E-state index is 14.0. The Bertz CT molecular complexity index is 1440. The number of aryl methyl sites for hydroxylation is 1. The van der Waals surface area contributed by atoms with Crippen molar-refractivity contribution in [2.45, 2.75) is 55.3 Å². The van der Waals surface area contributed by atoms with E-state index in [1.807, 2.05) is 6.07 Å². The van der Waals surface area contributed by atoms with Gasteiger partial charge in [0.05, 0.1) is 29.1 Å². The predicted molar refractivity (Wildman–Crippen MR) is 154 cm³/mol. The summed E-state index contributed by atoms with van der Waals surface area (Å²) in [5, 5.41) is 19.9. The molecule has 2 heterocycles. The lowest BCUT2D eigenvalue weighted by atomic mass is 10.0. The molecule has 0 spiro atoms. The highest BCUT2D eigenvalue weighted by molar-refractivity contribution is 7.98. The number of fused-ring (bicyclic) bond motifs is 1. The molecule has 7 nitrogen and oxygen atoms in total. The van der Waals surface area contributed by atoms with Crippen LogP contribution in [0.15, 0.2) is 53.6 Å². The zero-order chi connectivity index (χ0) is 31.6. The van der Waals surface area contributed by atoms with E-state index in [1.54, 1.807) is 23.9 Å². The number of carbonyl (C=O) groups excluding carboxylic acids is 1. The van der Waals surface area contributed by atoms with E-state index >= 15 is 0 Å². The standard InChI is InChI=1S/C26H23ClF4N2OS.C4H6O4/c27-22-7-3-16-9-11-32-12-10-21(16)25(22)35-15-20-6-2-18(14-33-20)24(34)8-4-17-1-5-19(13-23(17)28)26(29,30)31;5-3(6)1-2-4(7)8/h1-3,5-7,13-14,32H,4,8-12,15H2;1-2H2,(H,5,6)(H,7,8). The first-order chi connectivity index (χ1) is 20.3. The molecule has 1 aromatic heterocycles. The van der Waals surface area contributed by atoms with Crippen LogP contribution in [0.5, 0.6) is 0 Å². The predicted octanol–water partition coefficient (Wildman–Crippen LogP) is 6.62. The van der Waals surface area contributed by atoms with Gasteiger partial charge >= 0.3 is 18.1 Å². The second kappa shape index (κ2) is 15.8. The van der Waals surface area contributed by atoms with Crippen molar-refractivity contribution in [2.24, 2.45) is 0 Å². The van der Waals surface area contributed by atoms with Gasteiger partial charge in [-0.3, -0.25) is 19.4 Å². The summed E-state index contributed by atoms with van der Waals surface area (Å²) in [4.78, 5) is 37.2. The van der Waals surface area contributed by atoms with Crippen LogP contribution in [0, 0.1) is 5.82 Å².